The maximum Gasteiger partial charge on any atom is 0.231 e. The molecule has 3 saturated heterocycles. The van der Waals surface area contributed by atoms with E-state index in [0.29, 0.717) is 25.6 Å². The van der Waals surface area contributed by atoms with Gasteiger partial charge in [0.25, 0.3) is 0 Å². The van der Waals surface area contributed by atoms with Crippen LogP contribution >= 0.6 is 11.6 Å². The van der Waals surface area contributed by atoms with Crippen LogP contribution in [0.15, 0.2) is 24.3 Å². The molecule has 3 heterocycles. The molecule has 0 saturated carbocycles. The number of piperidine rings is 1. The van der Waals surface area contributed by atoms with Gasteiger partial charge in [0.15, 0.2) is 0 Å². The molecular formula is C21H30ClN3O2. The standard InChI is InChI=1S/C21H30ClN3O2/c1-23-9-6-18(7-10-23)25-14-21(15-25,12-16-2-4-17(22)5-3-16)20(27)24-11-8-19(26)13-24/h2-5,18-19,26H,6-15H2,1H3/t19-/m1/s1. The lowest BCUT2D eigenvalue weighted by Gasteiger charge is -2.54. The molecule has 3 aliphatic heterocycles. The number of benzene rings is 1. The first kappa shape index (κ1) is 19.2. The van der Waals surface area contributed by atoms with E-state index < -0.39 is 0 Å². The average Bonchev–Trinajstić information content (AvgIpc) is 3.06. The lowest BCUT2D eigenvalue weighted by Crippen LogP contribution is -2.67. The van der Waals surface area contributed by atoms with Crippen LogP contribution < -0.4 is 0 Å². The summed E-state index contributed by atoms with van der Waals surface area (Å²) in [7, 11) is 2.18. The van der Waals surface area contributed by atoms with Gasteiger partial charge >= 0.3 is 0 Å². The Hall–Kier alpha value is -1.14. The highest BCUT2D eigenvalue weighted by atomic mass is 35.5. The lowest BCUT2D eigenvalue weighted by molar-refractivity contribution is -0.156. The molecule has 0 unspecified atom stereocenters. The van der Waals surface area contributed by atoms with Gasteiger partial charge < -0.3 is 14.9 Å². The molecule has 1 atom stereocenters. The van der Waals surface area contributed by atoms with Crippen LogP contribution in [-0.2, 0) is 11.2 Å². The van der Waals surface area contributed by atoms with E-state index in [0.717, 1.165) is 43.2 Å². The van der Waals surface area contributed by atoms with Crippen LogP contribution in [0.5, 0.6) is 0 Å². The van der Waals surface area contributed by atoms with Crippen LogP contribution in [-0.4, -0.2) is 84.2 Å². The Labute approximate surface area is 166 Å². The van der Waals surface area contributed by atoms with Gasteiger partial charge in [-0.1, -0.05) is 23.7 Å². The lowest BCUT2D eigenvalue weighted by atomic mass is 9.72. The van der Waals surface area contributed by atoms with Crippen LogP contribution in [0.3, 0.4) is 0 Å². The third-order valence-electron chi connectivity index (χ3n) is 6.58. The molecule has 3 fully saturated rings. The van der Waals surface area contributed by atoms with Crippen molar-refractivity contribution in [2.24, 2.45) is 5.41 Å². The molecule has 4 rings (SSSR count). The number of halogens is 1. The molecule has 148 valence electrons. The second-order valence-corrected chi connectivity index (χ2v) is 9.15. The Morgan fingerprint density at radius 3 is 2.41 bits per heavy atom. The average molecular weight is 392 g/mol. The number of hydrogen-bond donors (Lipinski definition) is 1. The molecule has 0 aliphatic carbocycles. The topological polar surface area (TPSA) is 47.0 Å². The number of β-amino-alcohol motifs (C(OH)–C–C–N with tert-alkyl or cyclic N) is 1. The molecular weight excluding hydrogens is 362 g/mol. The highest BCUT2D eigenvalue weighted by Crippen LogP contribution is 2.40. The fraction of sp³-hybridized carbons (Fsp3) is 0.667. The predicted octanol–water partition coefficient (Wildman–Crippen LogP) is 1.87. The number of aliphatic hydroxyl groups is 1. The number of carbonyl (C=O) groups is 1. The van der Waals surface area contributed by atoms with Gasteiger partial charge in [0.2, 0.25) is 5.91 Å². The molecule has 27 heavy (non-hydrogen) atoms. The third-order valence-corrected chi connectivity index (χ3v) is 6.83. The van der Waals surface area contributed by atoms with Crippen LogP contribution in [0.4, 0.5) is 0 Å². The molecule has 0 radical (unpaired) electrons. The maximum atomic E-state index is 13.4. The van der Waals surface area contributed by atoms with E-state index in [1.54, 1.807) is 0 Å². The summed E-state index contributed by atoms with van der Waals surface area (Å²) in [6.07, 6.45) is 3.45. The van der Waals surface area contributed by atoms with Crippen molar-refractivity contribution in [3.63, 3.8) is 0 Å². The summed E-state index contributed by atoms with van der Waals surface area (Å²) in [5.74, 6) is 0.221. The minimum atomic E-state index is -0.369. The Bertz CT molecular complexity index is 667. The van der Waals surface area contributed by atoms with Gasteiger partial charge in [-0.2, -0.15) is 0 Å². The number of amides is 1. The second-order valence-electron chi connectivity index (χ2n) is 8.72. The van der Waals surface area contributed by atoms with E-state index in [2.05, 4.69) is 16.8 Å². The zero-order valence-corrected chi connectivity index (χ0v) is 16.9. The van der Waals surface area contributed by atoms with Crippen LogP contribution in [0.2, 0.25) is 5.02 Å². The minimum Gasteiger partial charge on any atom is -0.391 e. The van der Waals surface area contributed by atoms with E-state index in [1.807, 2.05) is 29.2 Å². The van der Waals surface area contributed by atoms with Crippen LogP contribution in [0, 0.1) is 5.41 Å². The molecule has 1 N–H and O–H groups in total. The van der Waals surface area contributed by atoms with Crippen LogP contribution in [0.1, 0.15) is 24.8 Å². The number of hydrogen-bond acceptors (Lipinski definition) is 4. The molecule has 3 aliphatic rings. The highest BCUT2D eigenvalue weighted by Gasteiger charge is 2.53. The highest BCUT2D eigenvalue weighted by molar-refractivity contribution is 6.30. The number of likely N-dealkylation sites (tertiary alicyclic amines) is 3. The van der Waals surface area contributed by atoms with Crippen molar-refractivity contribution >= 4 is 17.5 Å². The van der Waals surface area contributed by atoms with Gasteiger partial charge in [-0.05, 0) is 63.5 Å². The van der Waals surface area contributed by atoms with Crippen molar-refractivity contribution < 1.29 is 9.90 Å². The largest absolute Gasteiger partial charge is 0.391 e. The van der Waals surface area contributed by atoms with Gasteiger partial charge in [-0.25, -0.2) is 0 Å². The van der Waals surface area contributed by atoms with Crippen LogP contribution in [0.25, 0.3) is 0 Å². The fourth-order valence-corrected chi connectivity index (χ4v) is 5.05. The van der Waals surface area contributed by atoms with Crippen molar-refractivity contribution in [2.75, 3.05) is 46.3 Å². The summed E-state index contributed by atoms with van der Waals surface area (Å²) in [6, 6.07) is 8.48. The van der Waals surface area contributed by atoms with Crippen molar-refractivity contribution in [2.45, 2.75) is 37.8 Å². The molecule has 0 spiro atoms. The molecule has 0 aromatic heterocycles. The Morgan fingerprint density at radius 2 is 1.81 bits per heavy atom. The Kier molecular flexibility index (Phi) is 5.48. The number of aliphatic hydroxyl groups excluding tert-OH is 1. The molecule has 6 heteroatoms. The van der Waals surface area contributed by atoms with E-state index in [4.69, 9.17) is 11.6 Å². The van der Waals surface area contributed by atoms with E-state index in [1.165, 1.54) is 12.8 Å². The van der Waals surface area contributed by atoms with Gasteiger partial charge in [0.05, 0.1) is 11.5 Å². The van der Waals surface area contributed by atoms with E-state index >= 15 is 0 Å². The monoisotopic (exact) mass is 391 g/mol. The normalized spacial score (nSPS) is 26.9. The maximum absolute atomic E-state index is 13.4. The first-order chi connectivity index (χ1) is 12.9. The zero-order chi connectivity index (χ0) is 19.0. The molecule has 1 aromatic carbocycles. The minimum absolute atomic E-state index is 0.221. The second kappa shape index (κ2) is 7.70. The van der Waals surface area contributed by atoms with Crippen molar-refractivity contribution in [1.82, 2.24) is 14.7 Å². The number of carbonyl (C=O) groups excluding carboxylic acids is 1. The fourth-order valence-electron chi connectivity index (χ4n) is 4.93. The first-order valence-electron chi connectivity index (χ1n) is 10.1. The summed E-state index contributed by atoms with van der Waals surface area (Å²) in [5.41, 5.74) is 0.803. The van der Waals surface area contributed by atoms with Gasteiger partial charge in [-0.3, -0.25) is 9.69 Å². The van der Waals surface area contributed by atoms with Crippen molar-refractivity contribution in [3.05, 3.63) is 34.9 Å². The molecule has 1 amide bonds. The predicted molar refractivity (Wildman–Crippen MR) is 107 cm³/mol. The zero-order valence-electron chi connectivity index (χ0n) is 16.1. The Balaban J connectivity index is 1.48. The van der Waals surface area contributed by atoms with Gasteiger partial charge in [0, 0.05) is 37.2 Å². The summed E-state index contributed by atoms with van der Waals surface area (Å²) < 4.78 is 0. The molecule has 5 nitrogen and oxygen atoms in total. The van der Waals surface area contributed by atoms with Crippen molar-refractivity contribution in [3.8, 4) is 0 Å². The molecule has 0 bridgehead atoms. The SMILES string of the molecule is CN1CCC(N2CC(Cc3ccc(Cl)cc3)(C(=O)N3CC[C@@H](O)C3)C2)CC1. The summed E-state index contributed by atoms with van der Waals surface area (Å²) >= 11 is 6.03. The van der Waals surface area contributed by atoms with E-state index in [-0.39, 0.29) is 17.4 Å². The molecule has 1 aromatic rings. The third kappa shape index (κ3) is 4.02. The summed E-state index contributed by atoms with van der Waals surface area (Å²) in [6.45, 7) is 5.09. The van der Waals surface area contributed by atoms with E-state index in [9.17, 15) is 9.90 Å². The quantitative estimate of drug-likeness (QED) is 0.851. The smallest absolute Gasteiger partial charge is 0.231 e. The Morgan fingerprint density at radius 1 is 1.15 bits per heavy atom. The number of nitrogens with zero attached hydrogens (tertiary/aromatic N) is 3. The van der Waals surface area contributed by atoms with Crippen molar-refractivity contribution in [1.29, 1.82) is 0 Å². The van der Waals surface area contributed by atoms with Gasteiger partial charge in [0.1, 0.15) is 0 Å². The first-order valence-corrected chi connectivity index (χ1v) is 10.5. The number of rotatable bonds is 4. The van der Waals surface area contributed by atoms with Gasteiger partial charge in [-0.15, -0.1) is 0 Å². The summed E-state index contributed by atoms with van der Waals surface area (Å²) in [4.78, 5) is 20.2. The summed E-state index contributed by atoms with van der Waals surface area (Å²) in [5, 5.41) is 10.6.